The molecular weight excluding hydrogens is 616 g/mol. The molecule has 2 aromatic carbocycles. The maximum absolute atomic E-state index is 12.5. The quantitative estimate of drug-likeness (QED) is 0.162. The molecular formula is C40H58N4O5. The largest absolute Gasteiger partial charge is 0.444 e. The minimum absolute atomic E-state index is 0.00897. The number of carbonyl (C=O) groups excluding carboxylic acids is 1. The van der Waals surface area contributed by atoms with Crippen LogP contribution in [0, 0.1) is 5.41 Å². The molecule has 1 unspecified atom stereocenters. The van der Waals surface area contributed by atoms with E-state index in [9.17, 15) is 4.79 Å². The first kappa shape index (κ1) is 37.0. The molecule has 1 saturated heterocycles. The lowest BCUT2D eigenvalue weighted by Crippen LogP contribution is -2.38. The molecule has 1 amide bonds. The zero-order valence-corrected chi connectivity index (χ0v) is 30.4. The number of aromatic nitrogens is 2. The van der Waals surface area contributed by atoms with Crippen molar-refractivity contribution in [2.75, 3.05) is 47.0 Å². The summed E-state index contributed by atoms with van der Waals surface area (Å²) in [5.74, 6) is 0.356. The van der Waals surface area contributed by atoms with Crippen molar-refractivity contribution in [3.05, 3.63) is 89.2 Å². The van der Waals surface area contributed by atoms with Crippen LogP contribution in [0.15, 0.2) is 66.9 Å². The van der Waals surface area contributed by atoms with Crippen molar-refractivity contribution in [2.45, 2.75) is 103 Å². The van der Waals surface area contributed by atoms with Crippen molar-refractivity contribution in [1.29, 1.82) is 0 Å². The molecule has 2 heterocycles. The van der Waals surface area contributed by atoms with E-state index in [1.807, 2.05) is 32.9 Å². The van der Waals surface area contributed by atoms with E-state index >= 15 is 0 Å². The Kier molecular flexibility index (Phi) is 13.3. The molecule has 268 valence electrons. The number of amides is 1. The van der Waals surface area contributed by atoms with Crippen LogP contribution in [0.3, 0.4) is 0 Å². The van der Waals surface area contributed by atoms with Crippen LogP contribution in [-0.4, -0.2) is 78.3 Å². The van der Waals surface area contributed by atoms with Crippen LogP contribution < -0.4 is 0 Å². The molecule has 9 heteroatoms. The van der Waals surface area contributed by atoms with Gasteiger partial charge in [0.2, 0.25) is 0 Å². The van der Waals surface area contributed by atoms with E-state index in [4.69, 9.17) is 24.0 Å². The minimum atomic E-state index is -0.512. The monoisotopic (exact) mass is 674 g/mol. The molecule has 1 atom stereocenters. The number of likely N-dealkylation sites (N-methyl/N-ethyl adjacent to an activating group) is 2. The Morgan fingerprint density at radius 1 is 0.898 bits per heavy atom. The van der Waals surface area contributed by atoms with Crippen LogP contribution in [0.25, 0.3) is 0 Å². The molecule has 0 N–H and O–H groups in total. The Morgan fingerprint density at radius 3 is 2.06 bits per heavy atom. The standard InChI is InChI=1S/C40H58N4O5/c1-39(2,3)49-38(45)43(5)24-23-42(4)26-35-27-44(36-18-12-13-25-48-36)41-37(35)34-19-21-40(22-20-34,30-46-28-32-14-8-6-9-15-32)31-47-29-33-16-10-7-11-17-33/h6-11,14-17,27,34,36H,12-13,18-26,28-31H2,1-5H3. The molecule has 0 radical (unpaired) electrons. The van der Waals surface area contributed by atoms with Gasteiger partial charge in [0.1, 0.15) is 11.8 Å². The molecule has 2 aliphatic rings. The summed E-state index contributed by atoms with van der Waals surface area (Å²) >= 11 is 0. The average molecular weight is 675 g/mol. The van der Waals surface area contributed by atoms with Gasteiger partial charge >= 0.3 is 6.09 Å². The number of nitrogens with zero attached hydrogens (tertiary/aromatic N) is 4. The van der Waals surface area contributed by atoms with E-state index in [2.05, 4.69) is 71.4 Å². The molecule has 5 rings (SSSR count). The lowest BCUT2D eigenvalue weighted by molar-refractivity contribution is -0.0543. The van der Waals surface area contributed by atoms with Crippen molar-refractivity contribution in [3.8, 4) is 0 Å². The maximum atomic E-state index is 12.5. The van der Waals surface area contributed by atoms with E-state index in [0.29, 0.717) is 38.9 Å². The normalized spacial score (nSPS) is 18.4. The summed E-state index contributed by atoms with van der Waals surface area (Å²) in [5.41, 5.74) is 4.26. The Morgan fingerprint density at radius 2 is 1.51 bits per heavy atom. The van der Waals surface area contributed by atoms with Gasteiger partial charge in [0.15, 0.2) is 0 Å². The fourth-order valence-electron chi connectivity index (χ4n) is 6.86. The lowest BCUT2D eigenvalue weighted by atomic mass is 9.70. The van der Waals surface area contributed by atoms with Gasteiger partial charge in [0.25, 0.3) is 0 Å². The number of rotatable bonds is 15. The Bertz CT molecular complexity index is 1360. The topological polar surface area (TPSA) is 78.3 Å². The predicted molar refractivity (Wildman–Crippen MR) is 192 cm³/mol. The van der Waals surface area contributed by atoms with Crippen molar-refractivity contribution < 1.29 is 23.7 Å². The summed E-state index contributed by atoms with van der Waals surface area (Å²) in [6, 6.07) is 20.8. The van der Waals surface area contributed by atoms with Crippen LogP contribution >= 0.6 is 0 Å². The van der Waals surface area contributed by atoms with Crippen molar-refractivity contribution in [1.82, 2.24) is 19.6 Å². The SMILES string of the molecule is CN(CCN(C)C(=O)OC(C)(C)C)Cc1cn(C2CCCCO2)nc1C1CCC(COCc2ccccc2)(COCc2ccccc2)CC1. The molecule has 9 nitrogen and oxygen atoms in total. The summed E-state index contributed by atoms with van der Waals surface area (Å²) in [5, 5.41) is 5.24. The first-order chi connectivity index (χ1) is 23.6. The van der Waals surface area contributed by atoms with Crippen molar-refractivity contribution in [3.63, 3.8) is 0 Å². The highest BCUT2D eigenvalue weighted by atomic mass is 16.6. The van der Waals surface area contributed by atoms with Gasteiger partial charge in [-0.1, -0.05) is 60.7 Å². The molecule has 49 heavy (non-hydrogen) atoms. The second-order valence-electron chi connectivity index (χ2n) is 15.2. The molecule has 1 aromatic heterocycles. The molecule has 3 aromatic rings. The summed E-state index contributed by atoms with van der Waals surface area (Å²) < 4.78 is 26.6. The van der Waals surface area contributed by atoms with E-state index in [1.54, 1.807) is 11.9 Å². The van der Waals surface area contributed by atoms with Crippen LogP contribution in [-0.2, 0) is 38.7 Å². The van der Waals surface area contributed by atoms with Gasteiger partial charge in [-0.3, -0.25) is 0 Å². The third-order valence-corrected chi connectivity index (χ3v) is 9.73. The third-order valence-electron chi connectivity index (χ3n) is 9.73. The number of carbonyl (C=O) groups is 1. The molecule has 1 aliphatic heterocycles. The highest BCUT2D eigenvalue weighted by molar-refractivity contribution is 5.67. The van der Waals surface area contributed by atoms with Gasteiger partial charge in [-0.15, -0.1) is 0 Å². The van der Waals surface area contributed by atoms with Crippen molar-refractivity contribution >= 4 is 6.09 Å². The Hall–Kier alpha value is -3.24. The Balaban J connectivity index is 1.25. The first-order valence-electron chi connectivity index (χ1n) is 18.1. The van der Waals surface area contributed by atoms with Crippen LogP contribution in [0.4, 0.5) is 4.79 Å². The zero-order valence-electron chi connectivity index (χ0n) is 30.4. The second kappa shape index (κ2) is 17.6. The molecule has 2 fully saturated rings. The maximum Gasteiger partial charge on any atom is 0.410 e. The molecule has 0 spiro atoms. The summed E-state index contributed by atoms with van der Waals surface area (Å²) in [4.78, 5) is 16.5. The van der Waals surface area contributed by atoms with Crippen molar-refractivity contribution in [2.24, 2.45) is 5.41 Å². The smallest absolute Gasteiger partial charge is 0.410 e. The molecule has 0 bridgehead atoms. The fourth-order valence-corrected chi connectivity index (χ4v) is 6.86. The first-order valence-corrected chi connectivity index (χ1v) is 18.1. The van der Waals surface area contributed by atoms with E-state index in [1.165, 1.54) is 22.4 Å². The highest BCUT2D eigenvalue weighted by Crippen LogP contribution is 2.44. The van der Waals surface area contributed by atoms with Crippen LogP contribution in [0.1, 0.15) is 100 Å². The summed E-state index contributed by atoms with van der Waals surface area (Å²) in [7, 11) is 3.91. The number of hydrogen-bond donors (Lipinski definition) is 0. The minimum Gasteiger partial charge on any atom is -0.444 e. The van der Waals surface area contributed by atoms with Crippen LogP contribution in [0.5, 0.6) is 0 Å². The van der Waals surface area contributed by atoms with Gasteiger partial charge in [-0.05, 0) is 83.9 Å². The fraction of sp³-hybridized carbons (Fsp3) is 0.600. The number of benzene rings is 2. The average Bonchev–Trinajstić information content (AvgIpc) is 3.51. The van der Waals surface area contributed by atoms with Gasteiger partial charge in [0.05, 0.1) is 32.1 Å². The van der Waals surface area contributed by atoms with Gasteiger partial charge in [0, 0.05) is 56.4 Å². The number of hydrogen-bond acceptors (Lipinski definition) is 7. The van der Waals surface area contributed by atoms with E-state index in [0.717, 1.165) is 64.6 Å². The van der Waals surface area contributed by atoms with E-state index < -0.39 is 5.60 Å². The molecule has 1 aliphatic carbocycles. The van der Waals surface area contributed by atoms with Gasteiger partial charge in [-0.2, -0.15) is 5.10 Å². The summed E-state index contributed by atoms with van der Waals surface area (Å²) in [6.45, 7) is 11.1. The van der Waals surface area contributed by atoms with Gasteiger partial charge in [-0.25, -0.2) is 9.48 Å². The zero-order chi connectivity index (χ0) is 34.7. The second-order valence-corrected chi connectivity index (χ2v) is 15.2. The lowest BCUT2D eigenvalue weighted by Gasteiger charge is -2.40. The highest BCUT2D eigenvalue weighted by Gasteiger charge is 2.38. The molecule has 1 saturated carbocycles. The third kappa shape index (κ3) is 11.4. The van der Waals surface area contributed by atoms with Gasteiger partial charge < -0.3 is 28.7 Å². The predicted octanol–water partition coefficient (Wildman–Crippen LogP) is 7.96. The number of ether oxygens (including phenoxy) is 4. The van der Waals surface area contributed by atoms with Crippen LogP contribution in [0.2, 0.25) is 0 Å². The Labute approximate surface area is 293 Å². The van der Waals surface area contributed by atoms with E-state index in [-0.39, 0.29) is 17.7 Å². The summed E-state index contributed by atoms with van der Waals surface area (Å²) in [6.07, 6.45) is 9.26.